The number of carbonyl (C=O) groups excluding carboxylic acids is 1. The molecule has 3 rings (SSSR count). The Kier molecular flexibility index (Phi) is 10.9. The highest BCUT2D eigenvalue weighted by molar-refractivity contribution is 14.0. The van der Waals surface area contributed by atoms with Crippen LogP contribution in [0.5, 0.6) is 5.75 Å². The molecule has 0 radical (unpaired) electrons. The zero-order chi connectivity index (χ0) is 21.3. The Labute approximate surface area is 203 Å². The molecule has 1 aromatic rings. The lowest BCUT2D eigenvalue weighted by Crippen LogP contribution is -2.48. The molecule has 2 saturated heterocycles. The summed E-state index contributed by atoms with van der Waals surface area (Å²) in [6.07, 6.45) is 4.13. The molecular weight excluding hydrogens is 507 g/mol. The molecule has 1 aromatic carbocycles. The van der Waals surface area contributed by atoms with Gasteiger partial charge in [0, 0.05) is 26.7 Å². The molecule has 7 nitrogen and oxygen atoms in total. The minimum Gasteiger partial charge on any atom is -0.497 e. The van der Waals surface area contributed by atoms with Crippen LogP contribution in [-0.2, 0) is 9.53 Å². The number of nitrogens with one attached hydrogen (secondary N) is 1. The summed E-state index contributed by atoms with van der Waals surface area (Å²) in [5.74, 6) is 1.74. The number of hydrogen-bond donors (Lipinski definition) is 1. The van der Waals surface area contributed by atoms with Gasteiger partial charge < -0.3 is 19.7 Å². The summed E-state index contributed by atoms with van der Waals surface area (Å²) >= 11 is 0. The van der Waals surface area contributed by atoms with Gasteiger partial charge in [0.05, 0.1) is 25.7 Å². The Morgan fingerprint density at radius 1 is 1.16 bits per heavy atom. The van der Waals surface area contributed by atoms with Gasteiger partial charge in [-0.1, -0.05) is 12.1 Å². The molecule has 1 atom stereocenters. The summed E-state index contributed by atoms with van der Waals surface area (Å²) in [5.41, 5.74) is 1.29. The van der Waals surface area contributed by atoms with Gasteiger partial charge in [0.1, 0.15) is 5.75 Å². The molecule has 0 aromatic heterocycles. The van der Waals surface area contributed by atoms with Crippen molar-refractivity contribution in [2.24, 2.45) is 10.9 Å². The second-order valence-corrected chi connectivity index (χ2v) is 7.97. The molecule has 2 aliphatic heterocycles. The predicted octanol–water partition coefficient (Wildman–Crippen LogP) is 3.30. The third-order valence-electron chi connectivity index (χ3n) is 6.16. The van der Waals surface area contributed by atoms with E-state index in [9.17, 15) is 4.79 Å². The van der Waals surface area contributed by atoms with Crippen LogP contribution < -0.4 is 10.1 Å². The van der Waals surface area contributed by atoms with Crippen LogP contribution in [0.4, 0.5) is 0 Å². The van der Waals surface area contributed by atoms with Gasteiger partial charge >= 0.3 is 5.97 Å². The minimum atomic E-state index is -0.0614. The van der Waals surface area contributed by atoms with Crippen molar-refractivity contribution >= 4 is 35.9 Å². The largest absolute Gasteiger partial charge is 0.497 e. The van der Waals surface area contributed by atoms with Gasteiger partial charge in [-0.3, -0.25) is 14.7 Å². The standard InChI is InChI=1S/C23H36N4O3.HI/c1-4-30-22(28)19-11-15-27(16-12-19)23(24-2)25-17-21(26-13-5-6-14-26)18-7-9-20(29-3)10-8-18;/h7-10,19,21H,4-6,11-17H2,1-3H3,(H,24,25);1H. The number of nitrogens with zero attached hydrogens (tertiary/aromatic N) is 3. The SMILES string of the molecule is CCOC(=O)C1CCN(C(=NC)NCC(c2ccc(OC)cc2)N2CCCC2)CC1.I. The molecule has 0 spiro atoms. The van der Waals surface area contributed by atoms with Crippen LogP contribution in [0.25, 0.3) is 0 Å². The van der Waals surface area contributed by atoms with E-state index in [4.69, 9.17) is 9.47 Å². The lowest BCUT2D eigenvalue weighted by atomic mass is 9.97. The van der Waals surface area contributed by atoms with E-state index >= 15 is 0 Å². The van der Waals surface area contributed by atoms with Crippen molar-refractivity contribution < 1.29 is 14.3 Å². The quantitative estimate of drug-likeness (QED) is 0.246. The van der Waals surface area contributed by atoms with Crippen molar-refractivity contribution in [1.29, 1.82) is 0 Å². The summed E-state index contributed by atoms with van der Waals surface area (Å²) in [6.45, 7) is 7.00. The maximum absolute atomic E-state index is 12.0. The summed E-state index contributed by atoms with van der Waals surface area (Å²) in [4.78, 5) is 21.3. The molecule has 2 fully saturated rings. The number of methoxy groups -OCH3 is 1. The Bertz CT molecular complexity index is 699. The van der Waals surface area contributed by atoms with Gasteiger partial charge in [-0.2, -0.15) is 0 Å². The normalized spacial score (nSPS) is 18.9. The number of esters is 1. The first-order valence-corrected chi connectivity index (χ1v) is 11.2. The number of rotatable bonds is 7. The van der Waals surface area contributed by atoms with Crippen LogP contribution in [0.3, 0.4) is 0 Å². The number of piperidine rings is 1. The number of hydrogen-bond acceptors (Lipinski definition) is 5. The van der Waals surface area contributed by atoms with Crippen LogP contribution in [0.2, 0.25) is 0 Å². The maximum Gasteiger partial charge on any atom is 0.309 e. The highest BCUT2D eigenvalue weighted by Gasteiger charge is 2.28. The fourth-order valence-corrected chi connectivity index (χ4v) is 4.44. The second-order valence-electron chi connectivity index (χ2n) is 7.97. The molecule has 2 aliphatic rings. The van der Waals surface area contributed by atoms with Gasteiger partial charge in [0.15, 0.2) is 5.96 Å². The van der Waals surface area contributed by atoms with E-state index in [-0.39, 0.29) is 35.9 Å². The third kappa shape index (κ3) is 6.97. The Hall–Kier alpha value is -1.55. The number of benzene rings is 1. The highest BCUT2D eigenvalue weighted by Crippen LogP contribution is 2.26. The van der Waals surface area contributed by atoms with Crippen molar-refractivity contribution in [2.75, 3.05) is 53.5 Å². The van der Waals surface area contributed by atoms with E-state index in [1.807, 2.05) is 26.1 Å². The summed E-state index contributed by atoms with van der Waals surface area (Å²) in [5, 5.41) is 3.60. The van der Waals surface area contributed by atoms with Crippen molar-refractivity contribution in [2.45, 2.75) is 38.6 Å². The van der Waals surface area contributed by atoms with Gasteiger partial charge in [-0.25, -0.2) is 0 Å². The average Bonchev–Trinajstić information content (AvgIpc) is 3.32. The van der Waals surface area contributed by atoms with E-state index in [0.29, 0.717) is 12.6 Å². The molecule has 1 N–H and O–H groups in total. The van der Waals surface area contributed by atoms with Crippen LogP contribution >= 0.6 is 24.0 Å². The molecule has 31 heavy (non-hydrogen) atoms. The number of guanidine groups is 1. The highest BCUT2D eigenvalue weighted by atomic mass is 127. The van der Waals surface area contributed by atoms with Crippen LogP contribution in [0, 0.1) is 5.92 Å². The molecule has 1 unspecified atom stereocenters. The maximum atomic E-state index is 12.0. The first-order valence-electron chi connectivity index (χ1n) is 11.2. The predicted molar refractivity (Wildman–Crippen MR) is 134 cm³/mol. The zero-order valence-corrected chi connectivity index (χ0v) is 21.3. The van der Waals surface area contributed by atoms with Gasteiger partial charge in [-0.15, -0.1) is 24.0 Å². The molecule has 0 aliphatic carbocycles. The van der Waals surface area contributed by atoms with Crippen molar-refractivity contribution in [3.8, 4) is 5.75 Å². The topological polar surface area (TPSA) is 66.4 Å². The molecule has 174 valence electrons. The van der Waals surface area contributed by atoms with Crippen molar-refractivity contribution in [1.82, 2.24) is 15.1 Å². The number of carbonyl (C=O) groups is 1. The van der Waals surface area contributed by atoms with Gasteiger partial charge in [-0.05, 0) is 63.4 Å². The fraction of sp³-hybridized carbons (Fsp3) is 0.652. The Morgan fingerprint density at radius 3 is 2.35 bits per heavy atom. The Morgan fingerprint density at radius 2 is 1.81 bits per heavy atom. The van der Waals surface area contributed by atoms with Crippen molar-refractivity contribution in [3.63, 3.8) is 0 Å². The number of likely N-dealkylation sites (tertiary alicyclic amines) is 2. The molecular formula is C23H37IN4O3. The van der Waals surface area contributed by atoms with Crippen LogP contribution in [-0.4, -0.2) is 75.2 Å². The lowest BCUT2D eigenvalue weighted by molar-refractivity contribution is -0.149. The first kappa shape index (κ1) is 25.7. The Balaban J connectivity index is 0.00000341. The summed E-state index contributed by atoms with van der Waals surface area (Å²) in [6, 6.07) is 8.70. The average molecular weight is 544 g/mol. The zero-order valence-electron chi connectivity index (χ0n) is 19.0. The smallest absolute Gasteiger partial charge is 0.309 e. The van der Waals surface area contributed by atoms with E-state index in [2.05, 4.69) is 32.2 Å². The second kappa shape index (κ2) is 13.1. The van der Waals surface area contributed by atoms with E-state index in [1.165, 1.54) is 18.4 Å². The number of halogens is 1. The molecule has 2 heterocycles. The van der Waals surface area contributed by atoms with E-state index in [0.717, 1.165) is 57.3 Å². The van der Waals surface area contributed by atoms with Gasteiger partial charge in [0.2, 0.25) is 0 Å². The molecule has 0 amide bonds. The molecule has 8 heteroatoms. The fourth-order valence-electron chi connectivity index (χ4n) is 4.44. The van der Waals surface area contributed by atoms with Crippen molar-refractivity contribution in [3.05, 3.63) is 29.8 Å². The number of aliphatic imine (C=N–C) groups is 1. The van der Waals surface area contributed by atoms with E-state index in [1.54, 1.807) is 7.11 Å². The molecule has 0 bridgehead atoms. The third-order valence-corrected chi connectivity index (χ3v) is 6.16. The van der Waals surface area contributed by atoms with Crippen LogP contribution in [0.15, 0.2) is 29.3 Å². The van der Waals surface area contributed by atoms with Crippen LogP contribution in [0.1, 0.15) is 44.2 Å². The lowest BCUT2D eigenvalue weighted by Gasteiger charge is -2.35. The van der Waals surface area contributed by atoms with E-state index < -0.39 is 0 Å². The summed E-state index contributed by atoms with van der Waals surface area (Å²) < 4.78 is 10.5. The van der Waals surface area contributed by atoms with Gasteiger partial charge in [0.25, 0.3) is 0 Å². The monoisotopic (exact) mass is 544 g/mol. The molecule has 0 saturated carbocycles. The minimum absolute atomic E-state index is 0. The number of ether oxygens (including phenoxy) is 2. The summed E-state index contributed by atoms with van der Waals surface area (Å²) in [7, 11) is 3.53. The first-order chi connectivity index (χ1) is 14.7.